The number of hydrogen-bond donors (Lipinski definition) is 1. The van der Waals surface area contributed by atoms with Crippen molar-refractivity contribution in [1.29, 1.82) is 5.26 Å². The predicted molar refractivity (Wildman–Crippen MR) is 106 cm³/mol. The van der Waals surface area contributed by atoms with Crippen LogP contribution in [0.2, 0.25) is 0 Å². The molecule has 0 aliphatic carbocycles. The molecule has 10 heteroatoms. The van der Waals surface area contributed by atoms with Crippen LogP contribution in [0.1, 0.15) is 31.7 Å². The first-order valence-corrected chi connectivity index (χ1v) is 9.75. The van der Waals surface area contributed by atoms with Crippen LogP contribution < -0.4 is 0 Å². The van der Waals surface area contributed by atoms with E-state index in [1.165, 1.54) is 0 Å². The summed E-state index contributed by atoms with van der Waals surface area (Å²) in [5, 5.41) is 23.9. The Labute approximate surface area is 173 Å². The maximum Gasteiger partial charge on any atom is 0.244 e. The number of carbonyl (C=O) groups excluding carboxylic acids is 1. The number of nitrogens with zero attached hydrogens (tertiary/aromatic N) is 8. The summed E-state index contributed by atoms with van der Waals surface area (Å²) in [5.41, 5.74) is 1.86. The van der Waals surface area contributed by atoms with E-state index in [0.29, 0.717) is 42.3 Å². The van der Waals surface area contributed by atoms with Gasteiger partial charge in [0.05, 0.1) is 23.9 Å². The van der Waals surface area contributed by atoms with Crippen LogP contribution in [0.15, 0.2) is 31.1 Å². The van der Waals surface area contributed by atoms with E-state index in [2.05, 4.69) is 26.1 Å². The number of imidazole rings is 1. The van der Waals surface area contributed by atoms with Gasteiger partial charge in [-0.1, -0.05) is 13.8 Å². The molecule has 10 nitrogen and oxygen atoms in total. The molecule has 3 aromatic heterocycles. The van der Waals surface area contributed by atoms with E-state index in [0.717, 1.165) is 0 Å². The fourth-order valence-electron chi connectivity index (χ4n) is 3.59. The molecule has 1 aliphatic rings. The van der Waals surface area contributed by atoms with E-state index < -0.39 is 0 Å². The molecule has 1 unspecified atom stereocenters. The molecule has 1 atom stereocenters. The highest BCUT2D eigenvalue weighted by Crippen LogP contribution is 2.33. The highest BCUT2D eigenvalue weighted by Gasteiger charge is 2.26. The van der Waals surface area contributed by atoms with Gasteiger partial charge in [0.15, 0.2) is 0 Å². The van der Waals surface area contributed by atoms with Gasteiger partial charge in [-0.15, -0.1) is 0 Å². The van der Waals surface area contributed by atoms with E-state index in [1.807, 2.05) is 13.8 Å². The molecule has 1 fully saturated rings. The fraction of sp³-hybridized carbons (Fsp3) is 0.400. The number of aromatic hydroxyl groups is 1. The molecule has 0 bridgehead atoms. The number of rotatable bonds is 5. The normalized spacial score (nSPS) is 16.2. The van der Waals surface area contributed by atoms with Crippen LogP contribution in [0.4, 0.5) is 0 Å². The first kappa shape index (κ1) is 19.6. The minimum absolute atomic E-state index is 0.0191. The third kappa shape index (κ3) is 3.74. The van der Waals surface area contributed by atoms with E-state index in [9.17, 15) is 9.90 Å². The maximum atomic E-state index is 12.5. The molecule has 0 aromatic carbocycles. The summed E-state index contributed by atoms with van der Waals surface area (Å²) in [6.07, 6.45) is 8.93. The SMILES string of the molecule is CC(C)c1c(O)nc(-n2ccnc2)nc1-c1cnn(CC(=O)N2CCC(C#N)C2)c1. The summed E-state index contributed by atoms with van der Waals surface area (Å²) < 4.78 is 3.16. The number of nitriles is 1. The van der Waals surface area contributed by atoms with Crippen molar-refractivity contribution in [2.75, 3.05) is 13.1 Å². The molecule has 1 saturated heterocycles. The van der Waals surface area contributed by atoms with Crippen molar-refractivity contribution in [1.82, 2.24) is 34.2 Å². The number of hydrogen-bond acceptors (Lipinski definition) is 7. The van der Waals surface area contributed by atoms with Gasteiger partial charge < -0.3 is 10.0 Å². The second-order valence-corrected chi connectivity index (χ2v) is 7.62. The first-order valence-electron chi connectivity index (χ1n) is 9.75. The Morgan fingerprint density at radius 3 is 2.90 bits per heavy atom. The van der Waals surface area contributed by atoms with Gasteiger partial charge in [-0.3, -0.25) is 14.0 Å². The molecule has 30 heavy (non-hydrogen) atoms. The second kappa shape index (κ2) is 7.94. The van der Waals surface area contributed by atoms with E-state index in [-0.39, 0.29) is 30.2 Å². The molecule has 1 N–H and O–H groups in total. The third-order valence-corrected chi connectivity index (χ3v) is 5.15. The quantitative estimate of drug-likeness (QED) is 0.684. The number of aromatic nitrogens is 6. The topological polar surface area (TPSA) is 126 Å². The maximum absolute atomic E-state index is 12.5. The highest BCUT2D eigenvalue weighted by atomic mass is 16.3. The van der Waals surface area contributed by atoms with Crippen LogP contribution in [0.3, 0.4) is 0 Å². The van der Waals surface area contributed by atoms with Gasteiger partial charge >= 0.3 is 0 Å². The van der Waals surface area contributed by atoms with Crippen LogP contribution in [0, 0.1) is 17.2 Å². The minimum atomic E-state index is -0.0960. The first-order chi connectivity index (χ1) is 14.5. The summed E-state index contributed by atoms with van der Waals surface area (Å²) >= 11 is 0. The lowest BCUT2D eigenvalue weighted by Gasteiger charge is -2.15. The van der Waals surface area contributed by atoms with E-state index in [1.54, 1.807) is 45.3 Å². The third-order valence-electron chi connectivity index (χ3n) is 5.15. The predicted octanol–water partition coefficient (Wildman–Crippen LogP) is 1.73. The van der Waals surface area contributed by atoms with Crippen LogP contribution >= 0.6 is 0 Å². The largest absolute Gasteiger partial charge is 0.493 e. The van der Waals surface area contributed by atoms with E-state index in [4.69, 9.17) is 5.26 Å². The molecular weight excluding hydrogens is 384 g/mol. The van der Waals surface area contributed by atoms with Crippen molar-refractivity contribution in [3.8, 4) is 29.2 Å². The van der Waals surface area contributed by atoms with Crippen molar-refractivity contribution in [3.05, 3.63) is 36.7 Å². The lowest BCUT2D eigenvalue weighted by Crippen LogP contribution is -2.31. The van der Waals surface area contributed by atoms with Crippen molar-refractivity contribution >= 4 is 5.91 Å². The Hall–Kier alpha value is -3.74. The smallest absolute Gasteiger partial charge is 0.244 e. The van der Waals surface area contributed by atoms with Gasteiger partial charge in [0.1, 0.15) is 12.9 Å². The minimum Gasteiger partial charge on any atom is -0.493 e. The van der Waals surface area contributed by atoms with Crippen LogP contribution in [0.5, 0.6) is 5.88 Å². The molecule has 3 aromatic rings. The molecule has 1 amide bonds. The lowest BCUT2D eigenvalue weighted by molar-refractivity contribution is -0.131. The Kier molecular flexibility index (Phi) is 5.18. The number of likely N-dealkylation sites (tertiary alicyclic amines) is 1. The van der Waals surface area contributed by atoms with Crippen LogP contribution in [0.25, 0.3) is 17.2 Å². The Balaban J connectivity index is 1.62. The molecule has 154 valence electrons. The number of amides is 1. The average Bonchev–Trinajstić information content (AvgIpc) is 3.47. The molecule has 4 heterocycles. The summed E-state index contributed by atoms with van der Waals surface area (Å²) in [7, 11) is 0. The summed E-state index contributed by atoms with van der Waals surface area (Å²) in [6.45, 7) is 5.05. The van der Waals surface area contributed by atoms with Crippen LogP contribution in [-0.4, -0.2) is 58.3 Å². The standard InChI is InChI=1S/C20H22N8O2/c1-13(2)17-18(24-20(25-19(17)30)27-6-4-22-12-27)15-8-23-28(10-15)11-16(29)26-5-3-14(7-21)9-26/h4,6,8,10,12-14H,3,5,9,11H2,1-2H3,(H,24,25,30). The van der Waals surface area contributed by atoms with Gasteiger partial charge in [-0.05, 0) is 12.3 Å². The summed E-state index contributed by atoms with van der Waals surface area (Å²) in [5.74, 6) is 0.0155. The van der Waals surface area contributed by atoms with Gasteiger partial charge in [-0.2, -0.15) is 15.3 Å². The summed E-state index contributed by atoms with van der Waals surface area (Å²) in [6, 6.07) is 2.22. The molecule has 0 spiro atoms. The van der Waals surface area contributed by atoms with Crippen molar-refractivity contribution < 1.29 is 9.90 Å². The molecule has 1 aliphatic heterocycles. The summed E-state index contributed by atoms with van der Waals surface area (Å²) in [4.78, 5) is 27.1. The molecular formula is C20H22N8O2. The second-order valence-electron chi connectivity index (χ2n) is 7.62. The zero-order chi connectivity index (χ0) is 21.3. The Morgan fingerprint density at radius 1 is 1.40 bits per heavy atom. The fourth-order valence-corrected chi connectivity index (χ4v) is 3.59. The zero-order valence-electron chi connectivity index (χ0n) is 16.8. The molecule has 0 saturated carbocycles. The Morgan fingerprint density at radius 2 is 2.23 bits per heavy atom. The zero-order valence-corrected chi connectivity index (χ0v) is 16.8. The van der Waals surface area contributed by atoms with Crippen molar-refractivity contribution in [3.63, 3.8) is 0 Å². The van der Waals surface area contributed by atoms with E-state index >= 15 is 0 Å². The Bertz CT molecular complexity index is 1100. The van der Waals surface area contributed by atoms with Crippen molar-refractivity contribution in [2.45, 2.75) is 32.7 Å². The molecule has 4 rings (SSSR count). The van der Waals surface area contributed by atoms with Gasteiger partial charge in [-0.25, -0.2) is 9.97 Å². The molecule has 0 radical (unpaired) electrons. The average molecular weight is 406 g/mol. The van der Waals surface area contributed by atoms with Gasteiger partial charge in [0, 0.05) is 42.8 Å². The monoisotopic (exact) mass is 406 g/mol. The van der Waals surface area contributed by atoms with Crippen molar-refractivity contribution in [2.24, 2.45) is 5.92 Å². The number of carbonyl (C=O) groups is 1. The highest BCUT2D eigenvalue weighted by molar-refractivity contribution is 5.76. The van der Waals surface area contributed by atoms with Crippen LogP contribution in [-0.2, 0) is 11.3 Å². The van der Waals surface area contributed by atoms with Gasteiger partial charge in [0.25, 0.3) is 0 Å². The lowest BCUT2D eigenvalue weighted by atomic mass is 9.99. The van der Waals surface area contributed by atoms with Gasteiger partial charge in [0.2, 0.25) is 17.7 Å².